The number of carbonyl (C=O) groups is 3. The Hall–Kier alpha value is -4.69. The topological polar surface area (TPSA) is 138 Å². The van der Waals surface area contributed by atoms with Crippen molar-refractivity contribution in [2.24, 2.45) is 0 Å². The molecule has 0 aliphatic carbocycles. The van der Waals surface area contributed by atoms with Gasteiger partial charge >= 0.3 is 12.3 Å². The summed E-state index contributed by atoms with van der Waals surface area (Å²) in [4.78, 5) is 57.6. The molecule has 2 heterocycles. The maximum absolute atomic E-state index is 14.1. The first kappa shape index (κ1) is 31.8. The fourth-order valence-corrected chi connectivity index (χ4v) is 3.93. The fraction of sp³-hybridized carbons (Fsp3) is 0.370. The molecule has 2 aromatic heterocycles. The van der Waals surface area contributed by atoms with Crippen LogP contribution in [0.4, 0.5) is 28.0 Å². The highest BCUT2D eigenvalue weighted by molar-refractivity contribution is 5.95. The van der Waals surface area contributed by atoms with E-state index in [9.17, 15) is 36.7 Å². The summed E-state index contributed by atoms with van der Waals surface area (Å²) in [5.41, 5.74) is -0.0439. The monoisotopic (exact) mass is 594 g/mol. The summed E-state index contributed by atoms with van der Waals surface area (Å²) in [6.45, 7) is -0.117. The molecule has 3 rings (SSSR count). The number of nitrogens with zero attached hydrogens (tertiary/aromatic N) is 3. The van der Waals surface area contributed by atoms with Gasteiger partial charge in [-0.3, -0.25) is 19.0 Å². The lowest BCUT2D eigenvalue weighted by molar-refractivity contribution is -0.134. The Bertz CT molecular complexity index is 1530. The molecule has 15 heteroatoms. The second-order valence-electron chi connectivity index (χ2n) is 9.53. The first-order chi connectivity index (χ1) is 19.8. The molecule has 0 spiro atoms. The molecular weight excluding hydrogens is 564 g/mol. The molecule has 0 saturated heterocycles. The van der Waals surface area contributed by atoms with Gasteiger partial charge in [0.1, 0.15) is 11.5 Å². The van der Waals surface area contributed by atoms with Crippen molar-refractivity contribution in [1.29, 1.82) is 0 Å². The summed E-state index contributed by atoms with van der Waals surface area (Å²) in [6, 6.07) is 3.71. The second-order valence-corrected chi connectivity index (χ2v) is 9.53. The average Bonchev–Trinajstić information content (AvgIpc) is 3.32. The van der Waals surface area contributed by atoms with Crippen LogP contribution in [0.1, 0.15) is 30.5 Å². The Kier molecular flexibility index (Phi) is 10.4. The number of nitrogens with one attached hydrogen (secondary N) is 3. The number of rotatable bonds is 11. The predicted octanol–water partition coefficient (Wildman–Crippen LogP) is 3.49. The van der Waals surface area contributed by atoms with E-state index in [0.29, 0.717) is 16.6 Å². The number of hydrogen-bond acceptors (Lipinski definition) is 6. The van der Waals surface area contributed by atoms with Crippen LogP contribution in [-0.2, 0) is 27.3 Å². The van der Waals surface area contributed by atoms with E-state index in [-0.39, 0.29) is 36.5 Å². The third kappa shape index (κ3) is 8.91. The number of carbonyl (C=O) groups excluding carboxylic acids is 3. The zero-order valence-electron chi connectivity index (χ0n) is 23.0. The molecule has 0 bridgehead atoms. The summed E-state index contributed by atoms with van der Waals surface area (Å²) in [5, 5.41) is 5.16. The van der Waals surface area contributed by atoms with Gasteiger partial charge in [0.15, 0.2) is 6.10 Å². The molecule has 1 aromatic carbocycles. The second kappa shape index (κ2) is 13.8. The molecule has 42 heavy (non-hydrogen) atoms. The zero-order chi connectivity index (χ0) is 31.0. The van der Waals surface area contributed by atoms with Crippen LogP contribution >= 0.6 is 0 Å². The van der Waals surface area contributed by atoms with Gasteiger partial charge in [0.2, 0.25) is 5.91 Å². The first-order valence-corrected chi connectivity index (χ1v) is 12.8. The lowest BCUT2D eigenvalue weighted by Gasteiger charge is -2.19. The van der Waals surface area contributed by atoms with Crippen molar-refractivity contribution < 1.29 is 36.7 Å². The molecule has 3 aromatic rings. The van der Waals surface area contributed by atoms with E-state index in [4.69, 9.17) is 4.74 Å². The Labute approximate surface area is 237 Å². The lowest BCUT2D eigenvalue weighted by atomic mass is 10.1. The van der Waals surface area contributed by atoms with Crippen molar-refractivity contribution in [2.45, 2.75) is 44.5 Å². The quantitative estimate of drug-likeness (QED) is 0.230. The molecule has 226 valence electrons. The number of benzene rings is 1. The molecule has 0 fully saturated rings. The largest absolute Gasteiger partial charge is 0.436 e. The van der Waals surface area contributed by atoms with Crippen molar-refractivity contribution >= 4 is 34.5 Å². The number of aromatic amines is 1. The number of ether oxygens (including phenoxy) is 1. The van der Waals surface area contributed by atoms with E-state index in [1.54, 1.807) is 0 Å². The van der Waals surface area contributed by atoms with Crippen LogP contribution < -0.4 is 16.2 Å². The van der Waals surface area contributed by atoms with Crippen LogP contribution in [0.15, 0.2) is 47.7 Å². The maximum atomic E-state index is 14.1. The SMILES string of the molecule is CNC(=O)C=CCCC(OC(=O)N(C)C)C(=O)Nc1cncn(Cc2cc3cc(F)cc(CCC(F)(F)F)c3[nH]2)c1=O. The van der Waals surface area contributed by atoms with Crippen LogP contribution in [0.2, 0.25) is 0 Å². The summed E-state index contributed by atoms with van der Waals surface area (Å²) in [7, 11) is 4.32. The highest BCUT2D eigenvalue weighted by Crippen LogP contribution is 2.27. The van der Waals surface area contributed by atoms with Crippen LogP contribution in [0.5, 0.6) is 0 Å². The number of halogens is 4. The van der Waals surface area contributed by atoms with Gasteiger partial charge in [0.05, 0.1) is 19.1 Å². The summed E-state index contributed by atoms with van der Waals surface area (Å²) >= 11 is 0. The van der Waals surface area contributed by atoms with Gasteiger partial charge in [-0.1, -0.05) is 6.08 Å². The molecule has 0 aliphatic heterocycles. The van der Waals surface area contributed by atoms with E-state index >= 15 is 0 Å². The van der Waals surface area contributed by atoms with Crippen molar-refractivity contribution in [3.05, 3.63) is 70.3 Å². The number of aryl methyl sites for hydroxylation is 1. The van der Waals surface area contributed by atoms with Gasteiger partial charge in [-0.2, -0.15) is 13.2 Å². The minimum Gasteiger partial charge on any atom is -0.436 e. The van der Waals surface area contributed by atoms with Gasteiger partial charge < -0.3 is 25.3 Å². The van der Waals surface area contributed by atoms with Crippen molar-refractivity contribution in [1.82, 2.24) is 24.8 Å². The predicted molar refractivity (Wildman–Crippen MR) is 145 cm³/mol. The van der Waals surface area contributed by atoms with Crippen LogP contribution in [0, 0.1) is 5.82 Å². The molecular formula is C27H30F4N6O5. The maximum Gasteiger partial charge on any atom is 0.410 e. The molecule has 3 amide bonds. The number of aromatic nitrogens is 3. The number of fused-ring (bicyclic) bond motifs is 1. The van der Waals surface area contributed by atoms with Crippen molar-refractivity contribution in [2.75, 3.05) is 26.5 Å². The van der Waals surface area contributed by atoms with E-state index < -0.39 is 48.5 Å². The van der Waals surface area contributed by atoms with Gasteiger partial charge in [0, 0.05) is 44.2 Å². The van der Waals surface area contributed by atoms with Gasteiger partial charge in [-0.15, -0.1) is 0 Å². The highest BCUT2D eigenvalue weighted by atomic mass is 19.4. The van der Waals surface area contributed by atoms with Crippen molar-refractivity contribution in [3.63, 3.8) is 0 Å². The van der Waals surface area contributed by atoms with Crippen LogP contribution in [0.25, 0.3) is 10.9 Å². The third-order valence-corrected chi connectivity index (χ3v) is 6.02. The van der Waals surface area contributed by atoms with Gasteiger partial charge in [-0.05, 0) is 49.1 Å². The number of hydrogen-bond donors (Lipinski definition) is 3. The normalized spacial score (nSPS) is 12.4. The van der Waals surface area contributed by atoms with E-state index in [0.717, 1.165) is 21.7 Å². The summed E-state index contributed by atoms with van der Waals surface area (Å²) < 4.78 is 58.7. The Balaban J connectivity index is 1.80. The summed E-state index contributed by atoms with van der Waals surface area (Å²) in [5.74, 6) is -1.84. The highest BCUT2D eigenvalue weighted by Gasteiger charge is 2.27. The van der Waals surface area contributed by atoms with Gasteiger partial charge in [-0.25, -0.2) is 14.2 Å². The number of allylic oxidation sites excluding steroid dienone is 1. The third-order valence-electron chi connectivity index (χ3n) is 6.02. The van der Waals surface area contributed by atoms with Crippen LogP contribution in [0.3, 0.4) is 0 Å². The Morgan fingerprint density at radius 2 is 1.95 bits per heavy atom. The van der Waals surface area contributed by atoms with Crippen molar-refractivity contribution in [3.8, 4) is 0 Å². The Morgan fingerprint density at radius 3 is 2.62 bits per heavy atom. The fourth-order valence-electron chi connectivity index (χ4n) is 3.93. The summed E-state index contributed by atoms with van der Waals surface area (Å²) in [6.07, 6.45) is -2.78. The number of alkyl halides is 3. The number of H-pyrrole nitrogens is 1. The van der Waals surface area contributed by atoms with Crippen LogP contribution in [-0.4, -0.2) is 70.8 Å². The standard InChI is InChI=1S/C27H30F4N6O5/c1-32-22(38)7-5-4-6-21(42-26(41)36(2)3)24(39)35-20-13-33-15-37(25(20)40)14-19-12-17-11-18(28)10-16(23(17)34-19)8-9-27(29,30)31/h5,7,10-13,15,21,34H,4,6,8-9,14H2,1-3H3,(H,32,38)(H,35,39). The zero-order valence-corrected chi connectivity index (χ0v) is 23.0. The molecule has 11 nitrogen and oxygen atoms in total. The first-order valence-electron chi connectivity index (χ1n) is 12.8. The molecule has 0 radical (unpaired) electrons. The van der Waals surface area contributed by atoms with E-state index in [1.807, 2.05) is 0 Å². The molecule has 0 saturated carbocycles. The molecule has 1 unspecified atom stereocenters. The average molecular weight is 595 g/mol. The Morgan fingerprint density at radius 1 is 1.21 bits per heavy atom. The molecule has 3 N–H and O–H groups in total. The molecule has 1 atom stereocenters. The number of anilines is 1. The van der Waals surface area contributed by atoms with E-state index in [2.05, 4.69) is 20.6 Å². The number of amides is 3. The van der Waals surface area contributed by atoms with E-state index in [1.165, 1.54) is 51.8 Å². The van der Waals surface area contributed by atoms with Gasteiger partial charge in [0.25, 0.3) is 11.5 Å². The molecule has 0 aliphatic rings. The minimum absolute atomic E-state index is 0.00958. The minimum atomic E-state index is -4.41. The smallest absolute Gasteiger partial charge is 0.410 e. The lowest BCUT2D eigenvalue weighted by Crippen LogP contribution is -2.37. The number of likely N-dealkylation sites (N-methyl/N-ethyl adjacent to an activating group) is 1.